The van der Waals surface area contributed by atoms with Crippen LogP contribution in [-0.2, 0) is 34.9 Å². The van der Waals surface area contributed by atoms with Crippen LogP contribution < -0.4 is 5.56 Å². The Morgan fingerprint density at radius 2 is 1.74 bits per heavy atom. The number of aliphatic hydroxyl groups is 2. The lowest BCUT2D eigenvalue weighted by atomic mass is 9.86. The number of hydrogen-bond donors (Lipinski definition) is 2. The molecule has 1 atom stereocenters. The van der Waals surface area contributed by atoms with E-state index >= 15 is 0 Å². The van der Waals surface area contributed by atoms with Gasteiger partial charge in [0, 0.05) is 16.5 Å². The maximum atomic E-state index is 13.6. The summed E-state index contributed by atoms with van der Waals surface area (Å²) in [7, 11) is 0. The van der Waals surface area contributed by atoms with Crippen molar-refractivity contribution in [3.8, 4) is 22.5 Å². The highest BCUT2D eigenvalue weighted by atomic mass is 16.6. The van der Waals surface area contributed by atoms with E-state index in [2.05, 4.69) is 31.2 Å². The van der Waals surface area contributed by atoms with Gasteiger partial charge in [0.15, 0.2) is 5.60 Å². The third-order valence-electron chi connectivity index (χ3n) is 8.42. The summed E-state index contributed by atoms with van der Waals surface area (Å²) in [6.07, 6.45) is 0.107. The van der Waals surface area contributed by atoms with Gasteiger partial charge in [-0.3, -0.25) is 4.79 Å². The van der Waals surface area contributed by atoms with E-state index in [1.807, 2.05) is 30.3 Å². The standard InChI is InChI=1S/C32H26N2O5/c1-3-32(38)25-13-27-29-23(14-34(27)30(36)24(25)16-39-31(32)37)17(2)28-22-12-21(19-6-4-18(15-35)5-7-19)9-8-20(22)10-11-26(28)33-29/h4-13,35,38H,3,14-16H2,1-2H3/t32-/m0/s1. The highest BCUT2D eigenvalue weighted by Crippen LogP contribution is 2.41. The molecular formula is C32H26N2O5. The average Bonchev–Trinajstić information content (AvgIpc) is 3.34. The molecule has 2 aliphatic rings. The van der Waals surface area contributed by atoms with Gasteiger partial charge in [-0.05, 0) is 64.6 Å². The normalized spacial score (nSPS) is 17.7. The van der Waals surface area contributed by atoms with Gasteiger partial charge >= 0.3 is 5.97 Å². The van der Waals surface area contributed by atoms with Crippen LogP contribution in [0, 0.1) is 6.92 Å². The fourth-order valence-electron chi connectivity index (χ4n) is 6.11. The molecule has 0 bridgehead atoms. The number of fused-ring (bicyclic) bond motifs is 7. The molecule has 0 saturated carbocycles. The Morgan fingerprint density at radius 3 is 2.49 bits per heavy atom. The third kappa shape index (κ3) is 3.27. The Kier molecular flexibility index (Phi) is 5.08. The van der Waals surface area contributed by atoms with E-state index < -0.39 is 11.6 Å². The van der Waals surface area contributed by atoms with Crippen LogP contribution in [0.3, 0.4) is 0 Å². The minimum Gasteiger partial charge on any atom is -0.458 e. The second-order valence-electron chi connectivity index (χ2n) is 10.4. The van der Waals surface area contributed by atoms with Gasteiger partial charge in [-0.25, -0.2) is 9.78 Å². The number of carbonyl (C=O) groups excluding carboxylic acids is 1. The molecule has 0 saturated heterocycles. The number of nitrogens with zero attached hydrogens (tertiary/aromatic N) is 2. The van der Waals surface area contributed by atoms with Crippen LogP contribution >= 0.6 is 0 Å². The smallest absolute Gasteiger partial charge is 0.343 e. The zero-order chi connectivity index (χ0) is 27.1. The predicted molar refractivity (Wildman–Crippen MR) is 148 cm³/mol. The number of benzene rings is 3. The lowest BCUT2D eigenvalue weighted by Gasteiger charge is -2.31. The highest BCUT2D eigenvalue weighted by molar-refractivity contribution is 6.10. The van der Waals surface area contributed by atoms with E-state index in [0.29, 0.717) is 29.1 Å². The maximum Gasteiger partial charge on any atom is 0.343 e. The number of aromatic nitrogens is 2. The molecule has 2 N–H and O–H groups in total. The molecule has 3 aromatic carbocycles. The molecule has 7 rings (SSSR count). The number of cyclic esters (lactones) is 1. The molecule has 0 spiro atoms. The quantitative estimate of drug-likeness (QED) is 0.260. The van der Waals surface area contributed by atoms with Gasteiger partial charge in [-0.1, -0.05) is 49.4 Å². The SMILES string of the molecule is CC[C@@]1(O)C(=O)OCc2c1cc1n(c2=O)Cc2c-1nc1ccc3ccc(-c4ccc(CO)cc4)cc3c1c2C. The van der Waals surface area contributed by atoms with E-state index in [0.717, 1.165) is 49.5 Å². The van der Waals surface area contributed by atoms with Gasteiger partial charge in [-0.15, -0.1) is 0 Å². The first-order valence-electron chi connectivity index (χ1n) is 13.1. The van der Waals surface area contributed by atoms with Gasteiger partial charge < -0.3 is 19.5 Å². The highest BCUT2D eigenvalue weighted by Gasteiger charge is 2.45. The van der Waals surface area contributed by atoms with Crippen molar-refractivity contribution in [1.29, 1.82) is 0 Å². The Bertz CT molecular complexity index is 1920. The third-order valence-corrected chi connectivity index (χ3v) is 8.42. The topological polar surface area (TPSA) is 102 Å². The van der Waals surface area contributed by atoms with Crippen LogP contribution in [0.5, 0.6) is 0 Å². The van der Waals surface area contributed by atoms with Gasteiger partial charge in [0.25, 0.3) is 5.56 Å². The van der Waals surface area contributed by atoms with Gasteiger partial charge in [0.1, 0.15) is 6.61 Å². The van der Waals surface area contributed by atoms with E-state index in [-0.39, 0.29) is 25.2 Å². The van der Waals surface area contributed by atoms with Crippen LogP contribution in [-0.4, -0.2) is 25.7 Å². The summed E-state index contributed by atoms with van der Waals surface area (Å²) in [5, 5.41) is 23.7. The van der Waals surface area contributed by atoms with Gasteiger partial charge in [-0.2, -0.15) is 0 Å². The van der Waals surface area contributed by atoms with Crippen molar-refractivity contribution >= 4 is 27.6 Å². The number of pyridine rings is 2. The van der Waals surface area contributed by atoms with Crippen molar-refractivity contribution in [1.82, 2.24) is 9.55 Å². The van der Waals surface area contributed by atoms with Crippen LogP contribution in [0.25, 0.3) is 44.2 Å². The summed E-state index contributed by atoms with van der Waals surface area (Å²) in [6.45, 7) is 3.99. The Hall–Kier alpha value is -4.33. The molecule has 39 heavy (non-hydrogen) atoms. The first-order valence-corrected chi connectivity index (χ1v) is 13.1. The van der Waals surface area contributed by atoms with Crippen LogP contribution in [0.1, 0.15) is 41.2 Å². The largest absolute Gasteiger partial charge is 0.458 e. The first kappa shape index (κ1) is 23.8. The molecule has 0 fully saturated rings. The van der Waals surface area contributed by atoms with Crippen molar-refractivity contribution in [2.75, 3.05) is 0 Å². The molecule has 2 aromatic heterocycles. The second kappa shape index (κ2) is 8.33. The molecule has 0 unspecified atom stereocenters. The monoisotopic (exact) mass is 518 g/mol. The molecule has 7 nitrogen and oxygen atoms in total. The number of aliphatic hydroxyl groups excluding tert-OH is 1. The molecule has 0 radical (unpaired) electrons. The van der Waals surface area contributed by atoms with Crippen molar-refractivity contribution < 1.29 is 19.7 Å². The number of hydrogen-bond acceptors (Lipinski definition) is 6. The van der Waals surface area contributed by atoms with E-state index in [4.69, 9.17) is 9.72 Å². The van der Waals surface area contributed by atoms with Gasteiger partial charge in [0.2, 0.25) is 0 Å². The zero-order valence-corrected chi connectivity index (χ0v) is 21.6. The van der Waals surface area contributed by atoms with E-state index in [1.54, 1.807) is 17.6 Å². The summed E-state index contributed by atoms with van der Waals surface area (Å²) in [4.78, 5) is 31.1. The fraction of sp³-hybridized carbons (Fsp3) is 0.219. The fourth-order valence-corrected chi connectivity index (χ4v) is 6.11. The number of ether oxygens (including phenoxy) is 1. The van der Waals surface area contributed by atoms with Crippen LogP contribution in [0.2, 0.25) is 0 Å². The van der Waals surface area contributed by atoms with Crippen molar-refractivity contribution in [3.63, 3.8) is 0 Å². The summed E-state index contributed by atoms with van der Waals surface area (Å²) in [5.41, 5.74) is 5.65. The molecule has 2 aliphatic heterocycles. The number of carbonyl (C=O) groups is 1. The molecule has 7 heteroatoms. The lowest BCUT2D eigenvalue weighted by molar-refractivity contribution is -0.172. The van der Waals surface area contributed by atoms with Crippen molar-refractivity contribution in [3.05, 3.63) is 98.8 Å². The Labute approximate surface area is 223 Å². The zero-order valence-electron chi connectivity index (χ0n) is 21.6. The second-order valence-corrected chi connectivity index (χ2v) is 10.4. The summed E-state index contributed by atoms with van der Waals surface area (Å²) in [6, 6.07) is 20.0. The molecule has 4 heterocycles. The van der Waals surface area contributed by atoms with Gasteiger partial charge in [0.05, 0.1) is 35.6 Å². The molecule has 0 amide bonds. The van der Waals surface area contributed by atoms with Crippen molar-refractivity contribution in [2.24, 2.45) is 0 Å². The predicted octanol–water partition coefficient (Wildman–Crippen LogP) is 4.70. The Balaban J connectivity index is 1.44. The van der Waals surface area contributed by atoms with Crippen LogP contribution in [0.15, 0.2) is 65.5 Å². The maximum absolute atomic E-state index is 13.6. The molecular weight excluding hydrogens is 492 g/mol. The number of rotatable bonds is 3. The summed E-state index contributed by atoms with van der Waals surface area (Å²) in [5.74, 6) is -0.726. The number of aryl methyl sites for hydroxylation is 1. The molecule has 0 aliphatic carbocycles. The van der Waals surface area contributed by atoms with E-state index in [9.17, 15) is 19.8 Å². The summed E-state index contributed by atoms with van der Waals surface area (Å²) < 4.78 is 6.87. The first-order chi connectivity index (χ1) is 18.8. The molecule has 194 valence electrons. The lowest BCUT2D eigenvalue weighted by Crippen LogP contribution is -2.44. The van der Waals surface area contributed by atoms with Crippen LogP contribution in [0.4, 0.5) is 0 Å². The molecule has 5 aromatic rings. The average molecular weight is 519 g/mol. The van der Waals surface area contributed by atoms with Crippen molar-refractivity contribution in [2.45, 2.75) is 45.6 Å². The number of esters is 1. The summed E-state index contributed by atoms with van der Waals surface area (Å²) >= 11 is 0. The van der Waals surface area contributed by atoms with E-state index in [1.165, 1.54) is 0 Å². The minimum atomic E-state index is -1.85. The minimum absolute atomic E-state index is 0.00807. The Morgan fingerprint density at radius 1 is 1.00 bits per heavy atom.